The van der Waals surface area contributed by atoms with Crippen molar-refractivity contribution in [3.63, 3.8) is 0 Å². The van der Waals surface area contributed by atoms with Crippen LogP contribution in [0, 0.1) is 0 Å². The maximum atomic E-state index is 11.5. The molecule has 0 amide bonds. The van der Waals surface area contributed by atoms with E-state index >= 15 is 0 Å². The van der Waals surface area contributed by atoms with E-state index in [0.29, 0.717) is 22.9 Å². The molecule has 0 aromatic heterocycles. The number of hydrogen-bond donors (Lipinski definition) is 1. The predicted molar refractivity (Wildman–Crippen MR) is 82.2 cm³/mol. The summed E-state index contributed by atoms with van der Waals surface area (Å²) in [5.41, 5.74) is 6.77. The Morgan fingerprint density at radius 2 is 2.05 bits per heavy atom. The number of carbonyl (C=O) groups excluding carboxylic acids is 1. The molecule has 0 fully saturated rings. The normalized spacial score (nSPS) is 10.2. The molecule has 4 nitrogen and oxygen atoms in total. The van der Waals surface area contributed by atoms with Gasteiger partial charge in [-0.2, -0.15) is 0 Å². The van der Waals surface area contributed by atoms with Crippen LogP contribution in [0.3, 0.4) is 0 Å². The minimum absolute atomic E-state index is 0.0413. The molecule has 0 atom stereocenters. The van der Waals surface area contributed by atoms with Gasteiger partial charge in [-0.05, 0) is 35.9 Å². The number of carbonyl (C=O) groups is 1. The summed E-state index contributed by atoms with van der Waals surface area (Å²) in [7, 11) is 1.62. The first kappa shape index (κ1) is 15.4. The van der Waals surface area contributed by atoms with Crippen molar-refractivity contribution in [1.29, 1.82) is 0 Å². The second kappa shape index (κ2) is 7.11. The fraction of sp³-hybridized carbons (Fsp3) is 0.188. The van der Waals surface area contributed by atoms with Crippen LogP contribution in [-0.2, 0) is 6.61 Å². The monoisotopic (exact) mass is 305 g/mol. The Kier molecular flexibility index (Phi) is 5.20. The smallest absolute Gasteiger partial charge is 0.176 e. The zero-order valence-corrected chi connectivity index (χ0v) is 12.4. The molecule has 0 aliphatic heterocycles. The van der Waals surface area contributed by atoms with Crippen molar-refractivity contribution in [1.82, 2.24) is 0 Å². The Bertz CT molecular complexity index is 643. The van der Waals surface area contributed by atoms with Crippen LogP contribution in [0.5, 0.6) is 11.5 Å². The molecule has 2 aromatic rings. The third-order valence-electron chi connectivity index (χ3n) is 2.97. The lowest BCUT2D eigenvalue weighted by atomic mass is 10.1. The van der Waals surface area contributed by atoms with Crippen molar-refractivity contribution >= 4 is 17.4 Å². The van der Waals surface area contributed by atoms with Gasteiger partial charge in [-0.3, -0.25) is 4.79 Å². The molecule has 0 radical (unpaired) electrons. The average molecular weight is 306 g/mol. The Morgan fingerprint density at radius 1 is 1.24 bits per heavy atom. The van der Waals surface area contributed by atoms with Gasteiger partial charge >= 0.3 is 0 Å². The van der Waals surface area contributed by atoms with Crippen LogP contribution in [0.4, 0.5) is 0 Å². The third kappa shape index (κ3) is 3.97. The van der Waals surface area contributed by atoms with Gasteiger partial charge in [0.2, 0.25) is 0 Å². The highest BCUT2D eigenvalue weighted by atomic mass is 35.5. The summed E-state index contributed by atoms with van der Waals surface area (Å²) in [6, 6.07) is 12.5. The molecule has 0 aliphatic carbocycles. The summed E-state index contributed by atoms with van der Waals surface area (Å²) in [4.78, 5) is 11.5. The van der Waals surface area contributed by atoms with Crippen LogP contribution in [0.25, 0.3) is 0 Å². The van der Waals surface area contributed by atoms with Crippen molar-refractivity contribution in [3.8, 4) is 11.5 Å². The molecule has 5 heteroatoms. The van der Waals surface area contributed by atoms with E-state index < -0.39 is 0 Å². The molecular weight excluding hydrogens is 290 g/mol. The Labute approximate surface area is 128 Å². The number of methoxy groups -OCH3 is 1. The number of ether oxygens (including phenoxy) is 2. The summed E-state index contributed by atoms with van der Waals surface area (Å²) in [5, 5.41) is 0.386. The first-order chi connectivity index (χ1) is 10.1. The Balaban J connectivity index is 2.07. The lowest BCUT2D eigenvalue weighted by Crippen LogP contribution is -2.13. The first-order valence-corrected chi connectivity index (χ1v) is 6.80. The summed E-state index contributed by atoms with van der Waals surface area (Å²) in [5.74, 6) is 1.13. The lowest BCUT2D eigenvalue weighted by Gasteiger charge is -2.10. The first-order valence-electron chi connectivity index (χ1n) is 6.42. The van der Waals surface area contributed by atoms with Crippen LogP contribution in [0.1, 0.15) is 15.9 Å². The number of rotatable bonds is 6. The summed E-state index contributed by atoms with van der Waals surface area (Å²) >= 11 is 6.11. The maximum Gasteiger partial charge on any atom is 0.176 e. The van der Waals surface area contributed by atoms with Gasteiger partial charge in [0, 0.05) is 5.56 Å². The molecule has 2 aromatic carbocycles. The number of nitrogens with two attached hydrogens (primary N) is 1. The number of halogens is 1. The van der Waals surface area contributed by atoms with Crippen molar-refractivity contribution in [2.45, 2.75) is 6.61 Å². The van der Waals surface area contributed by atoms with Gasteiger partial charge in [-0.15, -0.1) is 0 Å². The van der Waals surface area contributed by atoms with E-state index in [1.165, 1.54) is 0 Å². The molecule has 110 valence electrons. The molecule has 0 unspecified atom stereocenters. The molecule has 21 heavy (non-hydrogen) atoms. The largest absolute Gasteiger partial charge is 0.497 e. The van der Waals surface area contributed by atoms with Crippen molar-refractivity contribution in [2.75, 3.05) is 13.7 Å². The highest BCUT2D eigenvalue weighted by Crippen LogP contribution is 2.26. The number of hydrogen-bond acceptors (Lipinski definition) is 4. The second-order valence-corrected chi connectivity index (χ2v) is 4.82. The molecule has 0 heterocycles. The summed E-state index contributed by atoms with van der Waals surface area (Å²) in [6.45, 7) is 0.321. The van der Waals surface area contributed by atoms with E-state index in [1.54, 1.807) is 25.3 Å². The van der Waals surface area contributed by atoms with Crippen LogP contribution >= 0.6 is 11.6 Å². The van der Waals surface area contributed by atoms with E-state index in [-0.39, 0.29) is 12.3 Å². The fourth-order valence-corrected chi connectivity index (χ4v) is 2.07. The zero-order chi connectivity index (χ0) is 15.2. The topological polar surface area (TPSA) is 61.5 Å². The number of benzene rings is 2. The highest BCUT2D eigenvalue weighted by molar-refractivity contribution is 6.32. The van der Waals surface area contributed by atoms with Gasteiger partial charge in [-0.25, -0.2) is 0 Å². The van der Waals surface area contributed by atoms with E-state index in [2.05, 4.69) is 0 Å². The number of ketones is 1. The third-order valence-corrected chi connectivity index (χ3v) is 3.26. The van der Waals surface area contributed by atoms with Crippen molar-refractivity contribution in [3.05, 3.63) is 58.6 Å². The molecule has 0 spiro atoms. The van der Waals surface area contributed by atoms with Gasteiger partial charge < -0.3 is 15.2 Å². The van der Waals surface area contributed by atoms with Gasteiger partial charge in [0.1, 0.15) is 18.1 Å². The predicted octanol–water partition coefficient (Wildman–Crippen LogP) is 3.07. The SMILES string of the molecule is COc1cccc(COc2ccc(C(=O)CN)cc2Cl)c1. The molecular formula is C16H16ClNO3. The van der Waals surface area contributed by atoms with Crippen LogP contribution in [0.2, 0.25) is 5.02 Å². The van der Waals surface area contributed by atoms with E-state index in [9.17, 15) is 4.79 Å². The van der Waals surface area contributed by atoms with E-state index in [1.807, 2.05) is 24.3 Å². The average Bonchev–Trinajstić information content (AvgIpc) is 2.53. The Hall–Kier alpha value is -2.04. The molecule has 0 saturated heterocycles. The van der Waals surface area contributed by atoms with Crippen molar-refractivity contribution < 1.29 is 14.3 Å². The van der Waals surface area contributed by atoms with Crippen LogP contribution in [-0.4, -0.2) is 19.4 Å². The standard InChI is InChI=1S/C16H16ClNO3/c1-20-13-4-2-3-11(7-13)10-21-16-6-5-12(8-14(16)17)15(19)9-18/h2-8H,9-10,18H2,1H3. The lowest BCUT2D eigenvalue weighted by molar-refractivity contribution is 0.100. The van der Waals surface area contributed by atoms with Gasteiger partial charge in [0.25, 0.3) is 0 Å². The fourth-order valence-electron chi connectivity index (χ4n) is 1.83. The van der Waals surface area contributed by atoms with Gasteiger partial charge in [0.05, 0.1) is 18.7 Å². The minimum Gasteiger partial charge on any atom is -0.497 e. The van der Waals surface area contributed by atoms with Crippen LogP contribution < -0.4 is 15.2 Å². The molecule has 2 N–H and O–H groups in total. The van der Waals surface area contributed by atoms with E-state index in [0.717, 1.165) is 11.3 Å². The van der Waals surface area contributed by atoms with Crippen molar-refractivity contribution in [2.24, 2.45) is 5.73 Å². The van der Waals surface area contributed by atoms with Crippen LogP contribution in [0.15, 0.2) is 42.5 Å². The molecule has 0 saturated carbocycles. The second-order valence-electron chi connectivity index (χ2n) is 4.41. The van der Waals surface area contributed by atoms with Gasteiger partial charge in [0.15, 0.2) is 5.78 Å². The van der Waals surface area contributed by atoms with E-state index in [4.69, 9.17) is 26.8 Å². The molecule has 0 bridgehead atoms. The number of Topliss-reactive ketones (excluding diaryl/α,β-unsaturated/α-hetero) is 1. The zero-order valence-electron chi connectivity index (χ0n) is 11.6. The van der Waals surface area contributed by atoms with Gasteiger partial charge in [-0.1, -0.05) is 23.7 Å². The molecule has 0 aliphatic rings. The highest BCUT2D eigenvalue weighted by Gasteiger charge is 2.08. The summed E-state index contributed by atoms with van der Waals surface area (Å²) in [6.07, 6.45) is 0. The quantitative estimate of drug-likeness (QED) is 0.833. The maximum absolute atomic E-state index is 11.5. The summed E-state index contributed by atoms with van der Waals surface area (Å²) < 4.78 is 10.8. The molecule has 2 rings (SSSR count). The minimum atomic E-state index is -0.156. The Morgan fingerprint density at radius 3 is 2.71 bits per heavy atom.